The summed E-state index contributed by atoms with van der Waals surface area (Å²) < 4.78 is 25.4. The molecule has 1 aromatic rings. The average molecular weight is 208 g/mol. The van der Waals surface area contributed by atoms with Gasteiger partial charge in [0.2, 0.25) is 0 Å². The maximum atomic E-state index is 12.8. The van der Waals surface area contributed by atoms with E-state index in [0.717, 1.165) is 6.07 Å². The molecule has 0 aromatic heterocycles. The molecule has 1 rings (SSSR count). The van der Waals surface area contributed by atoms with Crippen molar-refractivity contribution in [2.75, 3.05) is 6.61 Å². The molecule has 5 heteroatoms. The fourth-order valence-corrected chi connectivity index (χ4v) is 1.22. The van der Waals surface area contributed by atoms with Gasteiger partial charge in [0.25, 0.3) is 0 Å². The molecule has 0 saturated heterocycles. The third-order valence-corrected chi connectivity index (χ3v) is 2.05. The molecule has 0 bridgehead atoms. The zero-order chi connectivity index (χ0) is 10.0. The van der Waals surface area contributed by atoms with Gasteiger partial charge in [-0.3, -0.25) is 0 Å². The van der Waals surface area contributed by atoms with Crippen molar-refractivity contribution in [1.82, 2.24) is 0 Å². The van der Waals surface area contributed by atoms with Gasteiger partial charge >= 0.3 is 0 Å². The lowest BCUT2D eigenvalue weighted by atomic mass is 10.1. The van der Waals surface area contributed by atoms with Crippen molar-refractivity contribution in [2.24, 2.45) is 5.73 Å². The van der Waals surface area contributed by atoms with E-state index in [9.17, 15) is 8.78 Å². The first kappa shape index (κ1) is 10.4. The van der Waals surface area contributed by atoms with Gasteiger partial charge in [0, 0.05) is 0 Å². The Labute approximate surface area is 78.9 Å². The second-order valence-electron chi connectivity index (χ2n) is 2.55. The van der Waals surface area contributed by atoms with Crippen LogP contribution in [0, 0.1) is 11.6 Å². The molecule has 13 heavy (non-hydrogen) atoms. The number of benzene rings is 1. The summed E-state index contributed by atoms with van der Waals surface area (Å²) in [5.41, 5.74) is 5.59. The monoisotopic (exact) mass is 207 g/mol. The summed E-state index contributed by atoms with van der Waals surface area (Å²) in [5, 5.41) is 8.30. The largest absolute Gasteiger partial charge is 0.394 e. The van der Waals surface area contributed by atoms with E-state index in [4.69, 9.17) is 22.4 Å². The van der Waals surface area contributed by atoms with Crippen LogP contribution in [0.2, 0.25) is 5.02 Å². The molecule has 0 aliphatic rings. The molecule has 1 aromatic carbocycles. The molecule has 0 saturated carbocycles. The number of halogens is 3. The maximum Gasteiger partial charge on any atom is 0.177 e. The van der Waals surface area contributed by atoms with Crippen LogP contribution in [0.3, 0.4) is 0 Å². The fraction of sp³-hybridized carbons (Fsp3) is 0.250. The second kappa shape index (κ2) is 4.00. The van der Waals surface area contributed by atoms with E-state index in [-0.39, 0.29) is 17.2 Å². The minimum absolute atomic E-state index is 0.197. The van der Waals surface area contributed by atoms with Crippen LogP contribution in [0.15, 0.2) is 12.1 Å². The van der Waals surface area contributed by atoms with E-state index in [0.29, 0.717) is 0 Å². The number of aliphatic hydroxyl groups excluding tert-OH is 1. The van der Waals surface area contributed by atoms with Crippen LogP contribution < -0.4 is 5.73 Å². The predicted octanol–water partition coefficient (Wildman–Crippen LogP) is 1.61. The lowest BCUT2D eigenvalue weighted by Gasteiger charge is -2.10. The molecular weight excluding hydrogens is 200 g/mol. The summed E-state index contributed by atoms with van der Waals surface area (Å²) in [6.07, 6.45) is 0. The van der Waals surface area contributed by atoms with Crippen molar-refractivity contribution in [2.45, 2.75) is 6.04 Å². The zero-order valence-electron chi connectivity index (χ0n) is 6.60. The molecule has 0 aliphatic heterocycles. The topological polar surface area (TPSA) is 46.2 Å². The quantitative estimate of drug-likeness (QED) is 0.724. The normalized spacial score (nSPS) is 13.0. The van der Waals surface area contributed by atoms with Crippen LogP contribution in [0.5, 0.6) is 0 Å². The van der Waals surface area contributed by atoms with Gasteiger partial charge in [-0.25, -0.2) is 8.78 Å². The number of nitrogens with two attached hydrogens (primary N) is 1. The molecule has 72 valence electrons. The SMILES string of the molecule is NC(CO)c1ccc(F)c(F)c1Cl. The van der Waals surface area contributed by atoms with Gasteiger partial charge in [-0.05, 0) is 11.6 Å². The van der Waals surface area contributed by atoms with Crippen LogP contribution >= 0.6 is 11.6 Å². The Kier molecular flexibility index (Phi) is 3.19. The Morgan fingerprint density at radius 1 is 1.46 bits per heavy atom. The second-order valence-corrected chi connectivity index (χ2v) is 2.93. The number of aliphatic hydroxyl groups is 1. The maximum absolute atomic E-state index is 12.8. The first-order valence-electron chi connectivity index (χ1n) is 3.57. The number of hydrogen-bond acceptors (Lipinski definition) is 2. The lowest BCUT2D eigenvalue weighted by Crippen LogP contribution is -2.15. The first-order chi connectivity index (χ1) is 6.07. The smallest absolute Gasteiger partial charge is 0.177 e. The molecule has 1 unspecified atom stereocenters. The van der Waals surface area contributed by atoms with E-state index in [1.807, 2.05) is 0 Å². The first-order valence-corrected chi connectivity index (χ1v) is 3.95. The third kappa shape index (κ3) is 1.96. The third-order valence-electron chi connectivity index (χ3n) is 1.66. The van der Waals surface area contributed by atoms with Gasteiger partial charge in [0.05, 0.1) is 17.7 Å². The van der Waals surface area contributed by atoms with Crippen molar-refractivity contribution in [3.05, 3.63) is 34.4 Å². The van der Waals surface area contributed by atoms with Gasteiger partial charge in [0.1, 0.15) is 0 Å². The van der Waals surface area contributed by atoms with Crippen molar-refractivity contribution >= 4 is 11.6 Å². The predicted molar refractivity (Wildman–Crippen MR) is 45.4 cm³/mol. The molecule has 1 atom stereocenters. The Morgan fingerprint density at radius 2 is 2.08 bits per heavy atom. The van der Waals surface area contributed by atoms with E-state index in [2.05, 4.69) is 0 Å². The number of rotatable bonds is 2. The Balaban J connectivity index is 3.18. The van der Waals surface area contributed by atoms with E-state index >= 15 is 0 Å². The molecule has 0 radical (unpaired) electrons. The number of hydrogen-bond donors (Lipinski definition) is 2. The van der Waals surface area contributed by atoms with Crippen LogP contribution in [-0.4, -0.2) is 11.7 Å². The van der Waals surface area contributed by atoms with Gasteiger partial charge in [-0.1, -0.05) is 17.7 Å². The van der Waals surface area contributed by atoms with E-state index < -0.39 is 17.7 Å². The molecule has 0 amide bonds. The summed E-state index contributed by atoms with van der Waals surface area (Å²) in [7, 11) is 0. The highest BCUT2D eigenvalue weighted by Crippen LogP contribution is 2.25. The summed E-state index contributed by atoms with van der Waals surface area (Å²) in [4.78, 5) is 0. The standard InChI is InChI=1S/C8H8ClF2NO/c9-7-4(6(12)3-13)1-2-5(10)8(7)11/h1-2,6,13H,3,12H2. The zero-order valence-corrected chi connectivity index (χ0v) is 7.35. The Morgan fingerprint density at radius 3 is 2.62 bits per heavy atom. The minimum atomic E-state index is -1.14. The molecule has 0 spiro atoms. The molecular formula is C8H8ClF2NO. The lowest BCUT2D eigenvalue weighted by molar-refractivity contribution is 0.267. The molecule has 0 aliphatic carbocycles. The Bertz CT molecular complexity index is 319. The minimum Gasteiger partial charge on any atom is -0.394 e. The van der Waals surface area contributed by atoms with Crippen LogP contribution in [0.1, 0.15) is 11.6 Å². The average Bonchev–Trinajstić information content (AvgIpc) is 2.13. The summed E-state index contributed by atoms with van der Waals surface area (Å²) in [5.74, 6) is -2.16. The summed E-state index contributed by atoms with van der Waals surface area (Å²) in [6, 6.07) is 1.39. The van der Waals surface area contributed by atoms with Crippen LogP contribution in [0.25, 0.3) is 0 Å². The highest BCUT2D eigenvalue weighted by molar-refractivity contribution is 6.31. The van der Waals surface area contributed by atoms with Crippen LogP contribution in [-0.2, 0) is 0 Å². The van der Waals surface area contributed by atoms with E-state index in [1.165, 1.54) is 6.07 Å². The fourth-order valence-electron chi connectivity index (χ4n) is 0.926. The van der Waals surface area contributed by atoms with Gasteiger partial charge < -0.3 is 10.8 Å². The van der Waals surface area contributed by atoms with Gasteiger partial charge in [-0.2, -0.15) is 0 Å². The molecule has 0 fully saturated rings. The van der Waals surface area contributed by atoms with Crippen molar-refractivity contribution in [1.29, 1.82) is 0 Å². The van der Waals surface area contributed by atoms with Crippen molar-refractivity contribution in [3.63, 3.8) is 0 Å². The van der Waals surface area contributed by atoms with Crippen molar-refractivity contribution in [3.8, 4) is 0 Å². The van der Waals surface area contributed by atoms with Gasteiger partial charge in [0.15, 0.2) is 11.6 Å². The summed E-state index contributed by atoms with van der Waals surface area (Å²) in [6.45, 7) is -0.370. The highest BCUT2D eigenvalue weighted by Gasteiger charge is 2.15. The Hall–Kier alpha value is -0.710. The van der Waals surface area contributed by atoms with E-state index in [1.54, 1.807) is 0 Å². The molecule has 2 nitrogen and oxygen atoms in total. The highest BCUT2D eigenvalue weighted by atomic mass is 35.5. The van der Waals surface area contributed by atoms with Crippen molar-refractivity contribution < 1.29 is 13.9 Å². The van der Waals surface area contributed by atoms with Crippen LogP contribution in [0.4, 0.5) is 8.78 Å². The van der Waals surface area contributed by atoms with Gasteiger partial charge in [-0.15, -0.1) is 0 Å². The molecule has 3 N–H and O–H groups in total. The summed E-state index contributed by atoms with van der Waals surface area (Å²) >= 11 is 5.47. The molecule has 0 heterocycles.